The first kappa shape index (κ1) is 21.4. The molecule has 0 N–H and O–H groups in total. The standard InChI is InChI=1S/C24H29N3O3S/c1-24(2,3)17-8-6-16(7-9-17)22(28)26-12-14-27(15-13-26)23-25-20-18(29-4)10-11-19(30-5)21(20)31-23/h6-11H,12-15H2,1-5H3. The van der Waals surface area contributed by atoms with Crippen molar-refractivity contribution in [3.05, 3.63) is 47.5 Å². The van der Waals surface area contributed by atoms with Gasteiger partial charge in [0.1, 0.15) is 21.7 Å². The van der Waals surface area contributed by atoms with Crippen molar-refractivity contribution in [2.75, 3.05) is 45.3 Å². The highest BCUT2D eigenvalue weighted by Crippen LogP contribution is 2.40. The van der Waals surface area contributed by atoms with Gasteiger partial charge in [-0.3, -0.25) is 4.79 Å². The van der Waals surface area contributed by atoms with Gasteiger partial charge in [-0.25, -0.2) is 4.98 Å². The van der Waals surface area contributed by atoms with E-state index in [1.807, 2.05) is 29.2 Å². The predicted octanol–water partition coefficient (Wildman–Crippen LogP) is 4.57. The Morgan fingerprint density at radius 1 is 0.935 bits per heavy atom. The number of thiazole rings is 1. The van der Waals surface area contributed by atoms with Crippen LogP contribution in [-0.2, 0) is 5.41 Å². The molecule has 6 nitrogen and oxygen atoms in total. The number of rotatable bonds is 4. The summed E-state index contributed by atoms with van der Waals surface area (Å²) in [5.74, 6) is 1.63. The Bertz CT molecular complexity index is 1040. The molecule has 0 saturated carbocycles. The molecule has 4 rings (SSSR count). The molecule has 0 bridgehead atoms. The van der Waals surface area contributed by atoms with E-state index in [2.05, 4.69) is 37.8 Å². The molecule has 2 heterocycles. The van der Waals surface area contributed by atoms with Crippen LogP contribution in [0.2, 0.25) is 0 Å². The lowest BCUT2D eigenvalue weighted by atomic mass is 9.86. The topological polar surface area (TPSA) is 54.9 Å². The molecule has 3 aromatic rings. The number of piperazine rings is 1. The van der Waals surface area contributed by atoms with Crippen molar-refractivity contribution in [2.45, 2.75) is 26.2 Å². The first-order valence-electron chi connectivity index (χ1n) is 10.5. The van der Waals surface area contributed by atoms with Crippen molar-refractivity contribution in [3.8, 4) is 11.5 Å². The van der Waals surface area contributed by atoms with Crippen LogP contribution in [0.3, 0.4) is 0 Å². The van der Waals surface area contributed by atoms with Crippen molar-refractivity contribution in [3.63, 3.8) is 0 Å². The Morgan fingerprint density at radius 3 is 2.13 bits per heavy atom. The first-order chi connectivity index (χ1) is 14.8. The number of fused-ring (bicyclic) bond motifs is 1. The minimum atomic E-state index is 0.0792. The SMILES string of the molecule is COc1ccc(OC)c2sc(N3CCN(C(=O)c4ccc(C(C)(C)C)cc4)CC3)nc12. The second kappa shape index (κ2) is 8.38. The molecule has 7 heteroatoms. The summed E-state index contributed by atoms with van der Waals surface area (Å²) in [6.07, 6.45) is 0. The minimum absolute atomic E-state index is 0.0792. The Hall–Kier alpha value is -2.80. The van der Waals surface area contributed by atoms with Crippen LogP contribution in [-0.4, -0.2) is 56.2 Å². The van der Waals surface area contributed by atoms with Gasteiger partial charge in [-0.2, -0.15) is 0 Å². The maximum Gasteiger partial charge on any atom is 0.253 e. The lowest BCUT2D eigenvalue weighted by molar-refractivity contribution is 0.0746. The molecule has 1 aromatic heterocycles. The number of aromatic nitrogens is 1. The van der Waals surface area contributed by atoms with Crippen molar-refractivity contribution in [1.82, 2.24) is 9.88 Å². The van der Waals surface area contributed by atoms with Gasteiger partial charge in [-0.15, -0.1) is 0 Å². The van der Waals surface area contributed by atoms with E-state index in [-0.39, 0.29) is 11.3 Å². The summed E-state index contributed by atoms with van der Waals surface area (Å²) in [4.78, 5) is 21.9. The summed E-state index contributed by atoms with van der Waals surface area (Å²) in [6.45, 7) is 9.36. The smallest absolute Gasteiger partial charge is 0.253 e. The van der Waals surface area contributed by atoms with Crippen LogP contribution >= 0.6 is 11.3 Å². The minimum Gasteiger partial charge on any atom is -0.495 e. The van der Waals surface area contributed by atoms with Gasteiger partial charge in [0.15, 0.2) is 5.13 Å². The van der Waals surface area contributed by atoms with Crippen molar-refractivity contribution < 1.29 is 14.3 Å². The van der Waals surface area contributed by atoms with Crippen LogP contribution in [0, 0.1) is 0 Å². The number of hydrogen-bond acceptors (Lipinski definition) is 6. The lowest BCUT2D eigenvalue weighted by Gasteiger charge is -2.34. The van der Waals surface area contributed by atoms with Crippen molar-refractivity contribution >= 4 is 32.6 Å². The van der Waals surface area contributed by atoms with Crippen LogP contribution in [0.4, 0.5) is 5.13 Å². The summed E-state index contributed by atoms with van der Waals surface area (Å²) < 4.78 is 12.0. The lowest BCUT2D eigenvalue weighted by Crippen LogP contribution is -2.48. The normalized spacial score (nSPS) is 14.7. The van der Waals surface area contributed by atoms with E-state index in [4.69, 9.17) is 14.5 Å². The molecular formula is C24H29N3O3S. The molecule has 1 aliphatic rings. The van der Waals surface area contributed by atoms with Gasteiger partial charge in [-0.1, -0.05) is 44.2 Å². The molecule has 1 aliphatic heterocycles. The fourth-order valence-electron chi connectivity index (χ4n) is 3.81. The number of nitrogens with zero attached hydrogens (tertiary/aromatic N) is 3. The zero-order chi connectivity index (χ0) is 22.2. The van der Waals surface area contributed by atoms with Gasteiger partial charge in [0, 0.05) is 31.7 Å². The molecule has 0 unspecified atom stereocenters. The molecule has 1 amide bonds. The molecule has 31 heavy (non-hydrogen) atoms. The summed E-state index contributed by atoms with van der Waals surface area (Å²) in [5, 5.41) is 0.930. The number of hydrogen-bond donors (Lipinski definition) is 0. The average Bonchev–Trinajstić information content (AvgIpc) is 3.23. The number of methoxy groups -OCH3 is 2. The Balaban J connectivity index is 1.47. The first-order valence-corrected chi connectivity index (χ1v) is 11.3. The summed E-state index contributed by atoms with van der Waals surface area (Å²) in [5.41, 5.74) is 2.88. The van der Waals surface area contributed by atoms with E-state index in [1.165, 1.54) is 5.56 Å². The third-order valence-corrected chi connectivity index (χ3v) is 6.86. The number of carbonyl (C=O) groups is 1. The van der Waals surface area contributed by atoms with E-state index >= 15 is 0 Å². The van der Waals surface area contributed by atoms with Gasteiger partial charge in [-0.05, 0) is 35.2 Å². The fraction of sp³-hybridized carbons (Fsp3) is 0.417. The Morgan fingerprint density at radius 2 is 1.55 bits per heavy atom. The third kappa shape index (κ3) is 4.19. The number of benzene rings is 2. The third-order valence-electron chi connectivity index (χ3n) is 5.73. The van der Waals surface area contributed by atoms with Gasteiger partial charge < -0.3 is 19.3 Å². The Kier molecular flexibility index (Phi) is 5.79. The predicted molar refractivity (Wildman–Crippen MR) is 126 cm³/mol. The molecule has 2 aromatic carbocycles. The largest absolute Gasteiger partial charge is 0.495 e. The van der Waals surface area contributed by atoms with E-state index in [9.17, 15) is 4.79 Å². The van der Waals surface area contributed by atoms with Gasteiger partial charge in [0.2, 0.25) is 0 Å². The summed E-state index contributed by atoms with van der Waals surface area (Å²) in [7, 11) is 3.32. The molecule has 0 radical (unpaired) electrons. The second-order valence-corrected chi connectivity index (χ2v) is 9.73. The maximum atomic E-state index is 13.0. The van der Waals surface area contributed by atoms with E-state index in [1.54, 1.807) is 25.6 Å². The van der Waals surface area contributed by atoms with Crippen LogP contribution < -0.4 is 14.4 Å². The molecule has 1 fully saturated rings. The second-order valence-electron chi connectivity index (χ2n) is 8.75. The van der Waals surface area contributed by atoms with Crippen LogP contribution in [0.25, 0.3) is 10.2 Å². The van der Waals surface area contributed by atoms with Crippen molar-refractivity contribution in [1.29, 1.82) is 0 Å². The van der Waals surface area contributed by atoms with E-state index in [0.29, 0.717) is 13.1 Å². The van der Waals surface area contributed by atoms with Gasteiger partial charge >= 0.3 is 0 Å². The molecule has 0 atom stereocenters. The quantitative estimate of drug-likeness (QED) is 0.596. The highest BCUT2D eigenvalue weighted by Gasteiger charge is 2.25. The summed E-state index contributed by atoms with van der Waals surface area (Å²) >= 11 is 1.60. The number of ether oxygens (including phenoxy) is 2. The summed E-state index contributed by atoms with van der Waals surface area (Å²) in [6, 6.07) is 11.8. The van der Waals surface area contributed by atoms with Crippen LogP contribution in [0.1, 0.15) is 36.7 Å². The van der Waals surface area contributed by atoms with Gasteiger partial charge in [0.25, 0.3) is 5.91 Å². The average molecular weight is 440 g/mol. The highest BCUT2D eigenvalue weighted by molar-refractivity contribution is 7.22. The number of carbonyl (C=O) groups excluding carboxylic acids is 1. The highest BCUT2D eigenvalue weighted by atomic mass is 32.1. The Labute approximate surface area is 187 Å². The zero-order valence-electron chi connectivity index (χ0n) is 18.8. The molecule has 0 aliphatic carbocycles. The van der Waals surface area contributed by atoms with E-state index < -0.39 is 0 Å². The van der Waals surface area contributed by atoms with E-state index in [0.717, 1.165) is 45.5 Å². The molecule has 0 spiro atoms. The maximum absolute atomic E-state index is 13.0. The monoisotopic (exact) mass is 439 g/mol. The number of amides is 1. The van der Waals surface area contributed by atoms with Gasteiger partial charge in [0.05, 0.1) is 14.2 Å². The number of anilines is 1. The molecule has 164 valence electrons. The fourth-order valence-corrected chi connectivity index (χ4v) is 4.93. The molecule has 1 saturated heterocycles. The van der Waals surface area contributed by atoms with Crippen molar-refractivity contribution in [2.24, 2.45) is 0 Å². The molecular weight excluding hydrogens is 410 g/mol. The van der Waals surface area contributed by atoms with Crippen LogP contribution in [0.15, 0.2) is 36.4 Å². The zero-order valence-corrected chi connectivity index (χ0v) is 19.6. The van der Waals surface area contributed by atoms with Crippen LogP contribution in [0.5, 0.6) is 11.5 Å².